The molecule has 0 amide bonds. The molecular formula is C11H18O. The van der Waals surface area contributed by atoms with Crippen LogP contribution in [0, 0.1) is 17.3 Å². The van der Waals surface area contributed by atoms with E-state index in [1.807, 2.05) is 6.92 Å². The maximum Gasteiger partial charge on any atom is 0.0705 e. The highest BCUT2D eigenvalue weighted by molar-refractivity contribution is 5.14. The van der Waals surface area contributed by atoms with Crippen molar-refractivity contribution < 1.29 is 5.11 Å². The Morgan fingerprint density at radius 3 is 2.75 bits per heavy atom. The van der Waals surface area contributed by atoms with Gasteiger partial charge in [0.2, 0.25) is 0 Å². The molecule has 1 rings (SSSR count). The van der Waals surface area contributed by atoms with Crippen LogP contribution in [0.15, 0.2) is 0 Å². The summed E-state index contributed by atoms with van der Waals surface area (Å²) < 4.78 is 0. The van der Waals surface area contributed by atoms with E-state index in [9.17, 15) is 5.11 Å². The molecule has 0 heterocycles. The molecule has 0 spiro atoms. The smallest absolute Gasteiger partial charge is 0.0705 e. The lowest BCUT2D eigenvalue weighted by molar-refractivity contribution is 0.0249. The Labute approximate surface area is 75.2 Å². The molecule has 1 fully saturated rings. The van der Waals surface area contributed by atoms with Crippen molar-refractivity contribution in [2.24, 2.45) is 5.41 Å². The summed E-state index contributed by atoms with van der Waals surface area (Å²) in [7, 11) is 0. The Morgan fingerprint density at radius 1 is 1.50 bits per heavy atom. The summed E-state index contributed by atoms with van der Waals surface area (Å²) in [5.41, 5.74) is -0.0764. The fourth-order valence-electron chi connectivity index (χ4n) is 2.12. The first-order valence-corrected chi connectivity index (χ1v) is 4.87. The second-order valence-electron chi connectivity index (χ2n) is 3.65. The van der Waals surface area contributed by atoms with Gasteiger partial charge in [0, 0.05) is 0 Å². The van der Waals surface area contributed by atoms with E-state index >= 15 is 0 Å². The highest BCUT2D eigenvalue weighted by atomic mass is 16.3. The molecular weight excluding hydrogens is 148 g/mol. The monoisotopic (exact) mass is 166 g/mol. The SMILES string of the molecule is CC#C[C@]1(CC)CCCC[C@@H]1O. The van der Waals surface area contributed by atoms with E-state index in [0.717, 1.165) is 25.7 Å². The molecule has 1 N–H and O–H groups in total. The van der Waals surface area contributed by atoms with E-state index in [2.05, 4.69) is 18.8 Å². The van der Waals surface area contributed by atoms with Crippen molar-refractivity contribution in [2.45, 2.75) is 52.1 Å². The molecule has 0 bridgehead atoms. The van der Waals surface area contributed by atoms with Crippen molar-refractivity contribution in [2.75, 3.05) is 0 Å². The van der Waals surface area contributed by atoms with E-state index in [1.165, 1.54) is 6.42 Å². The van der Waals surface area contributed by atoms with Crippen molar-refractivity contribution in [3.05, 3.63) is 0 Å². The van der Waals surface area contributed by atoms with Gasteiger partial charge in [-0.15, -0.1) is 5.92 Å². The molecule has 0 aliphatic heterocycles. The van der Waals surface area contributed by atoms with Crippen molar-refractivity contribution in [3.63, 3.8) is 0 Å². The van der Waals surface area contributed by atoms with Crippen LogP contribution in [0.3, 0.4) is 0 Å². The van der Waals surface area contributed by atoms with Gasteiger partial charge in [-0.05, 0) is 26.2 Å². The van der Waals surface area contributed by atoms with Gasteiger partial charge >= 0.3 is 0 Å². The zero-order valence-electron chi connectivity index (χ0n) is 8.06. The second-order valence-corrected chi connectivity index (χ2v) is 3.65. The Balaban J connectivity index is 2.78. The highest BCUT2D eigenvalue weighted by Crippen LogP contribution is 2.38. The fourth-order valence-corrected chi connectivity index (χ4v) is 2.12. The first-order chi connectivity index (χ1) is 5.75. The molecule has 2 atom stereocenters. The lowest BCUT2D eigenvalue weighted by Gasteiger charge is -2.36. The molecule has 1 aliphatic rings. The average molecular weight is 166 g/mol. The number of hydrogen-bond donors (Lipinski definition) is 1. The van der Waals surface area contributed by atoms with Gasteiger partial charge in [0.05, 0.1) is 11.5 Å². The van der Waals surface area contributed by atoms with Gasteiger partial charge in [-0.2, -0.15) is 0 Å². The summed E-state index contributed by atoms with van der Waals surface area (Å²) in [6, 6.07) is 0. The van der Waals surface area contributed by atoms with Gasteiger partial charge in [-0.1, -0.05) is 25.7 Å². The summed E-state index contributed by atoms with van der Waals surface area (Å²) in [6.45, 7) is 3.98. The van der Waals surface area contributed by atoms with Crippen LogP contribution >= 0.6 is 0 Å². The van der Waals surface area contributed by atoms with Gasteiger partial charge in [0.1, 0.15) is 0 Å². The number of rotatable bonds is 1. The van der Waals surface area contributed by atoms with Crippen LogP contribution < -0.4 is 0 Å². The fraction of sp³-hybridized carbons (Fsp3) is 0.818. The predicted octanol–water partition coefficient (Wildman–Crippen LogP) is 2.34. The van der Waals surface area contributed by atoms with Crippen LogP contribution in [-0.2, 0) is 0 Å². The summed E-state index contributed by atoms with van der Waals surface area (Å²) in [4.78, 5) is 0. The molecule has 68 valence electrons. The van der Waals surface area contributed by atoms with Crippen LogP contribution in [0.1, 0.15) is 46.0 Å². The van der Waals surface area contributed by atoms with E-state index in [-0.39, 0.29) is 11.5 Å². The molecule has 0 saturated heterocycles. The molecule has 1 heteroatoms. The Kier molecular flexibility index (Phi) is 3.17. The van der Waals surface area contributed by atoms with E-state index in [1.54, 1.807) is 0 Å². The summed E-state index contributed by atoms with van der Waals surface area (Å²) in [5.74, 6) is 6.15. The van der Waals surface area contributed by atoms with Crippen LogP contribution in [0.4, 0.5) is 0 Å². The highest BCUT2D eigenvalue weighted by Gasteiger charge is 2.36. The number of hydrogen-bond acceptors (Lipinski definition) is 1. The molecule has 1 saturated carbocycles. The van der Waals surface area contributed by atoms with Crippen molar-refractivity contribution in [1.82, 2.24) is 0 Å². The maximum absolute atomic E-state index is 9.85. The lowest BCUT2D eigenvalue weighted by Crippen LogP contribution is -2.36. The van der Waals surface area contributed by atoms with Crippen LogP contribution in [0.5, 0.6) is 0 Å². The van der Waals surface area contributed by atoms with Gasteiger partial charge in [-0.3, -0.25) is 0 Å². The lowest BCUT2D eigenvalue weighted by atomic mass is 9.70. The minimum absolute atomic E-state index is 0.0764. The number of aliphatic hydroxyl groups is 1. The normalized spacial score (nSPS) is 35.4. The molecule has 0 aromatic heterocycles. The molecule has 0 radical (unpaired) electrons. The molecule has 0 aromatic rings. The zero-order valence-corrected chi connectivity index (χ0v) is 8.06. The van der Waals surface area contributed by atoms with E-state index < -0.39 is 0 Å². The Morgan fingerprint density at radius 2 is 2.25 bits per heavy atom. The standard InChI is InChI=1S/C11H18O/c1-3-8-11(4-2)9-6-5-7-10(11)12/h10,12H,4-7,9H2,1-2H3/t10-,11+/m0/s1. The van der Waals surface area contributed by atoms with Crippen molar-refractivity contribution >= 4 is 0 Å². The molecule has 0 aromatic carbocycles. The van der Waals surface area contributed by atoms with Gasteiger partial charge in [-0.25, -0.2) is 0 Å². The summed E-state index contributed by atoms with van der Waals surface area (Å²) in [6.07, 6.45) is 5.18. The molecule has 1 aliphatic carbocycles. The largest absolute Gasteiger partial charge is 0.392 e. The quantitative estimate of drug-likeness (QED) is 0.593. The van der Waals surface area contributed by atoms with Crippen LogP contribution in [0.2, 0.25) is 0 Å². The molecule has 0 unspecified atom stereocenters. The minimum Gasteiger partial charge on any atom is -0.392 e. The minimum atomic E-state index is -0.191. The average Bonchev–Trinajstić information content (AvgIpc) is 2.10. The summed E-state index contributed by atoms with van der Waals surface area (Å²) in [5, 5.41) is 9.85. The van der Waals surface area contributed by atoms with Gasteiger partial charge in [0.15, 0.2) is 0 Å². The predicted molar refractivity (Wildman–Crippen MR) is 50.6 cm³/mol. The third-order valence-electron chi connectivity index (χ3n) is 2.99. The molecule has 12 heavy (non-hydrogen) atoms. The topological polar surface area (TPSA) is 20.2 Å². The first-order valence-electron chi connectivity index (χ1n) is 4.87. The zero-order chi connectivity index (χ0) is 9.03. The maximum atomic E-state index is 9.85. The van der Waals surface area contributed by atoms with Gasteiger partial charge in [0.25, 0.3) is 0 Å². The van der Waals surface area contributed by atoms with Crippen molar-refractivity contribution in [3.8, 4) is 11.8 Å². The first kappa shape index (κ1) is 9.61. The van der Waals surface area contributed by atoms with Crippen LogP contribution in [0.25, 0.3) is 0 Å². The van der Waals surface area contributed by atoms with E-state index in [0.29, 0.717) is 0 Å². The Bertz CT molecular complexity index is 199. The van der Waals surface area contributed by atoms with Crippen LogP contribution in [-0.4, -0.2) is 11.2 Å². The summed E-state index contributed by atoms with van der Waals surface area (Å²) >= 11 is 0. The Hall–Kier alpha value is -0.480. The van der Waals surface area contributed by atoms with E-state index in [4.69, 9.17) is 0 Å². The van der Waals surface area contributed by atoms with Gasteiger partial charge < -0.3 is 5.11 Å². The van der Waals surface area contributed by atoms with Crippen molar-refractivity contribution in [1.29, 1.82) is 0 Å². The second kappa shape index (κ2) is 3.96. The number of aliphatic hydroxyl groups excluding tert-OH is 1. The molecule has 1 nitrogen and oxygen atoms in total. The third-order valence-corrected chi connectivity index (χ3v) is 2.99. The third kappa shape index (κ3) is 1.64.